The fourth-order valence-corrected chi connectivity index (χ4v) is 2.76. The third-order valence-corrected chi connectivity index (χ3v) is 3.95. The summed E-state index contributed by atoms with van der Waals surface area (Å²) in [6.07, 6.45) is 5.79. The molecular weight excluding hydrogens is 266 g/mol. The van der Waals surface area contributed by atoms with E-state index in [1.807, 2.05) is 19.1 Å². The Balaban J connectivity index is 2.12. The molecule has 1 amide bonds. The van der Waals surface area contributed by atoms with Crippen LogP contribution in [0.15, 0.2) is 24.3 Å². The molecule has 2 unspecified atom stereocenters. The molecule has 0 spiro atoms. The monoisotopic (exact) mass is 287 g/mol. The zero-order valence-electron chi connectivity index (χ0n) is 12.4. The van der Waals surface area contributed by atoms with Crippen LogP contribution < -0.4 is 5.32 Å². The van der Waals surface area contributed by atoms with Gasteiger partial charge in [0, 0.05) is 17.7 Å². The van der Waals surface area contributed by atoms with Crippen molar-refractivity contribution in [1.29, 1.82) is 0 Å². The van der Waals surface area contributed by atoms with Crippen LogP contribution in [0.3, 0.4) is 0 Å². The second-order valence-electron chi connectivity index (χ2n) is 5.83. The number of aryl methyl sites for hydroxylation is 1. The Morgan fingerprint density at radius 2 is 2.10 bits per heavy atom. The summed E-state index contributed by atoms with van der Waals surface area (Å²) in [5, 5.41) is 11.7. The number of carboxylic acids is 1. The largest absolute Gasteiger partial charge is 0.478 e. The van der Waals surface area contributed by atoms with E-state index < -0.39 is 5.97 Å². The molecule has 4 heteroatoms. The Hall–Kier alpha value is -2.10. The van der Waals surface area contributed by atoms with Crippen molar-refractivity contribution in [3.8, 4) is 0 Å². The zero-order valence-corrected chi connectivity index (χ0v) is 12.4. The van der Waals surface area contributed by atoms with Crippen LogP contribution in [0, 0.1) is 12.8 Å². The first kappa shape index (κ1) is 15.3. The topological polar surface area (TPSA) is 66.4 Å². The fourth-order valence-electron chi connectivity index (χ4n) is 2.76. The van der Waals surface area contributed by atoms with Gasteiger partial charge in [0.1, 0.15) is 0 Å². The normalized spacial score (nSPS) is 21.6. The van der Waals surface area contributed by atoms with Gasteiger partial charge in [0.15, 0.2) is 0 Å². The van der Waals surface area contributed by atoms with Gasteiger partial charge in [0.05, 0.1) is 0 Å². The van der Waals surface area contributed by atoms with Crippen molar-refractivity contribution in [2.24, 2.45) is 5.92 Å². The van der Waals surface area contributed by atoms with Crippen LogP contribution >= 0.6 is 0 Å². The predicted octanol–water partition coefficient (Wildman–Crippen LogP) is 3.01. The maximum atomic E-state index is 12.4. The molecule has 2 atom stereocenters. The predicted molar refractivity (Wildman–Crippen MR) is 82.1 cm³/mol. The van der Waals surface area contributed by atoms with E-state index in [0.29, 0.717) is 17.0 Å². The van der Waals surface area contributed by atoms with Crippen LogP contribution in [-0.2, 0) is 4.79 Å². The minimum atomic E-state index is -0.999. The lowest BCUT2D eigenvalue weighted by Gasteiger charge is -2.14. The smallest absolute Gasteiger partial charge is 0.328 e. The van der Waals surface area contributed by atoms with Gasteiger partial charge in [-0.3, -0.25) is 4.79 Å². The van der Waals surface area contributed by atoms with E-state index in [0.717, 1.165) is 30.9 Å². The first-order chi connectivity index (χ1) is 9.95. The average molecular weight is 287 g/mol. The maximum Gasteiger partial charge on any atom is 0.328 e. The molecule has 0 bridgehead atoms. The summed E-state index contributed by atoms with van der Waals surface area (Å²) < 4.78 is 0. The Bertz CT molecular complexity index is 577. The van der Waals surface area contributed by atoms with Crippen molar-refractivity contribution < 1.29 is 14.7 Å². The van der Waals surface area contributed by atoms with Gasteiger partial charge >= 0.3 is 5.97 Å². The van der Waals surface area contributed by atoms with E-state index in [2.05, 4.69) is 12.2 Å². The van der Waals surface area contributed by atoms with Crippen LogP contribution in [0.2, 0.25) is 0 Å². The molecule has 21 heavy (non-hydrogen) atoms. The average Bonchev–Trinajstić information content (AvgIpc) is 2.83. The third kappa shape index (κ3) is 4.18. The van der Waals surface area contributed by atoms with Crippen LogP contribution in [0.1, 0.15) is 47.7 Å². The highest BCUT2D eigenvalue weighted by Gasteiger charge is 2.23. The van der Waals surface area contributed by atoms with Crippen LogP contribution in [0.4, 0.5) is 0 Å². The highest BCUT2D eigenvalue weighted by atomic mass is 16.4. The number of aliphatic carboxylic acids is 1. The summed E-state index contributed by atoms with van der Waals surface area (Å²) in [6.45, 7) is 4.09. The van der Waals surface area contributed by atoms with E-state index in [1.54, 1.807) is 6.07 Å². The summed E-state index contributed by atoms with van der Waals surface area (Å²) in [5.41, 5.74) is 2.22. The number of carbonyl (C=O) groups excluding carboxylic acids is 1. The molecule has 2 rings (SSSR count). The first-order valence-electron chi connectivity index (χ1n) is 7.28. The minimum absolute atomic E-state index is 0.0721. The summed E-state index contributed by atoms with van der Waals surface area (Å²) in [4.78, 5) is 22.9. The molecule has 1 saturated carbocycles. The Morgan fingerprint density at radius 3 is 2.71 bits per heavy atom. The fraction of sp³-hybridized carbons (Fsp3) is 0.412. The molecule has 112 valence electrons. The molecule has 1 aliphatic carbocycles. The molecule has 1 aromatic carbocycles. The summed E-state index contributed by atoms with van der Waals surface area (Å²) in [5.74, 6) is -0.403. The van der Waals surface area contributed by atoms with Crippen molar-refractivity contribution >= 4 is 18.0 Å². The van der Waals surface area contributed by atoms with Gasteiger partial charge in [-0.1, -0.05) is 19.1 Å². The van der Waals surface area contributed by atoms with Gasteiger partial charge in [-0.25, -0.2) is 4.79 Å². The van der Waals surface area contributed by atoms with E-state index in [-0.39, 0.29) is 11.9 Å². The van der Waals surface area contributed by atoms with E-state index in [4.69, 9.17) is 5.11 Å². The zero-order chi connectivity index (χ0) is 15.4. The van der Waals surface area contributed by atoms with Crippen molar-refractivity contribution in [1.82, 2.24) is 5.32 Å². The molecule has 1 fully saturated rings. The lowest BCUT2D eigenvalue weighted by molar-refractivity contribution is -0.131. The Kier molecular flexibility index (Phi) is 4.78. The number of benzene rings is 1. The SMILES string of the molecule is Cc1ccc(/C=C/C(=O)O)cc1C(=O)NC1CCC(C)C1. The highest BCUT2D eigenvalue weighted by molar-refractivity contribution is 5.96. The molecule has 1 aromatic rings. The molecule has 2 N–H and O–H groups in total. The number of amides is 1. The first-order valence-corrected chi connectivity index (χ1v) is 7.28. The third-order valence-electron chi connectivity index (χ3n) is 3.95. The second kappa shape index (κ2) is 6.57. The second-order valence-corrected chi connectivity index (χ2v) is 5.83. The van der Waals surface area contributed by atoms with Gasteiger partial charge in [-0.15, -0.1) is 0 Å². The molecular formula is C17H21NO3. The number of rotatable bonds is 4. The van der Waals surface area contributed by atoms with Crippen molar-refractivity contribution in [3.05, 3.63) is 41.0 Å². The summed E-state index contributed by atoms with van der Waals surface area (Å²) in [6, 6.07) is 5.64. The summed E-state index contributed by atoms with van der Waals surface area (Å²) in [7, 11) is 0. The van der Waals surface area contributed by atoms with Gasteiger partial charge in [-0.2, -0.15) is 0 Å². The number of carbonyl (C=O) groups is 2. The number of hydrogen-bond donors (Lipinski definition) is 2. The van der Waals surface area contributed by atoms with Crippen LogP contribution in [0.25, 0.3) is 6.08 Å². The van der Waals surface area contributed by atoms with E-state index >= 15 is 0 Å². The lowest BCUT2D eigenvalue weighted by atomic mass is 10.0. The Labute approximate surface area is 124 Å². The quantitative estimate of drug-likeness (QED) is 0.837. The van der Waals surface area contributed by atoms with Crippen LogP contribution in [0.5, 0.6) is 0 Å². The molecule has 1 aliphatic rings. The van der Waals surface area contributed by atoms with E-state index in [9.17, 15) is 9.59 Å². The van der Waals surface area contributed by atoms with E-state index in [1.165, 1.54) is 6.08 Å². The molecule has 0 radical (unpaired) electrons. The standard InChI is InChI=1S/C17H21NO3/c1-11-3-7-14(9-11)18-17(21)15-10-13(5-4-12(15)2)6-8-16(19)20/h4-6,8,10-11,14H,3,7,9H2,1-2H3,(H,18,21)(H,19,20)/b8-6+. The number of hydrogen-bond acceptors (Lipinski definition) is 2. The summed E-state index contributed by atoms with van der Waals surface area (Å²) >= 11 is 0. The van der Waals surface area contributed by atoms with Crippen molar-refractivity contribution in [3.63, 3.8) is 0 Å². The van der Waals surface area contributed by atoms with Gasteiger partial charge in [0.2, 0.25) is 0 Å². The molecule has 0 saturated heterocycles. The number of nitrogens with one attached hydrogen (secondary N) is 1. The molecule has 0 aliphatic heterocycles. The number of carboxylic acid groups (broad SMARTS) is 1. The van der Waals surface area contributed by atoms with Gasteiger partial charge in [0.25, 0.3) is 5.91 Å². The molecule has 0 heterocycles. The van der Waals surface area contributed by atoms with Crippen molar-refractivity contribution in [2.75, 3.05) is 0 Å². The van der Waals surface area contributed by atoms with Crippen molar-refractivity contribution in [2.45, 2.75) is 39.2 Å². The molecule has 0 aromatic heterocycles. The maximum absolute atomic E-state index is 12.4. The highest BCUT2D eigenvalue weighted by Crippen LogP contribution is 2.25. The molecule has 4 nitrogen and oxygen atoms in total. The minimum Gasteiger partial charge on any atom is -0.478 e. The lowest BCUT2D eigenvalue weighted by Crippen LogP contribution is -2.33. The Morgan fingerprint density at radius 1 is 1.33 bits per heavy atom. The van der Waals surface area contributed by atoms with Gasteiger partial charge < -0.3 is 10.4 Å². The van der Waals surface area contributed by atoms with Crippen LogP contribution in [-0.4, -0.2) is 23.0 Å². The van der Waals surface area contributed by atoms with Gasteiger partial charge in [-0.05, 0) is 55.4 Å².